The van der Waals surface area contributed by atoms with Crippen molar-refractivity contribution in [2.24, 2.45) is 0 Å². The van der Waals surface area contributed by atoms with Crippen LogP contribution < -0.4 is 15.4 Å². The standard InChI is InChI=1S/C22H29N3O2/c1-25-16-13-21(14-17-25)27-20-11-9-19(10-12-20)24-22(26)23-15-5-8-18-6-3-2-4-7-18/h2-4,6-7,9-12,21H,5,8,13-17H2,1H3,(H2,23,24,26). The van der Waals surface area contributed by atoms with Gasteiger partial charge in [0.1, 0.15) is 11.9 Å². The summed E-state index contributed by atoms with van der Waals surface area (Å²) in [5, 5.41) is 5.76. The molecule has 1 fully saturated rings. The number of benzene rings is 2. The van der Waals surface area contributed by atoms with Crippen LogP contribution in [0.2, 0.25) is 0 Å². The molecule has 2 aromatic carbocycles. The van der Waals surface area contributed by atoms with Crippen LogP contribution in [0.4, 0.5) is 10.5 Å². The molecule has 1 heterocycles. The lowest BCUT2D eigenvalue weighted by molar-refractivity contribution is 0.114. The molecule has 0 aliphatic carbocycles. The van der Waals surface area contributed by atoms with Crippen molar-refractivity contribution in [2.45, 2.75) is 31.8 Å². The monoisotopic (exact) mass is 367 g/mol. The maximum atomic E-state index is 12.0. The van der Waals surface area contributed by atoms with E-state index in [2.05, 4.69) is 34.7 Å². The molecule has 0 unspecified atom stereocenters. The third kappa shape index (κ3) is 6.61. The molecular weight excluding hydrogens is 338 g/mol. The van der Waals surface area contributed by atoms with Crippen LogP contribution in [0.25, 0.3) is 0 Å². The van der Waals surface area contributed by atoms with Crippen molar-refractivity contribution in [3.8, 4) is 5.75 Å². The molecule has 2 N–H and O–H groups in total. The molecule has 0 atom stereocenters. The summed E-state index contributed by atoms with van der Waals surface area (Å²) in [4.78, 5) is 14.3. The molecule has 1 saturated heterocycles. The SMILES string of the molecule is CN1CCC(Oc2ccc(NC(=O)NCCCc3ccccc3)cc2)CC1. The van der Waals surface area contributed by atoms with Crippen LogP contribution in [0.1, 0.15) is 24.8 Å². The number of hydrogen-bond donors (Lipinski definition) is 2. The Labute approximate surface area is 161 Å². The van der Waals surface area contributed by atoms with E-state index in [0.29, 0.717) is 6.54 Å². The molecule has 27 heavy (non-hydrogen) atoms. The molecule has 0 saturated carbocycles. The summed E-state index contributed by atoms with van der Waals surface area (Å²) < 4.78 is 6.03. The molecule has 5 nitrogen and oxygen atoms in total. The van der Waals surface area contributed by atoms with Crippen molar-refractivity contribution in [1.82, 2.24) is 10.2 Å². The quantitative estimate of drug-likeness (QED) is 0.730. The number of amides is 2. The number of urea groups is 1. The minimum absolute atomic E-state index is 0.174. The number of aryl methyl sites for hydroxylation is 1. The van der Waals surface area contributed by atoms with Crippen molar-refractivity contribution in [2.75, 3.05) is 32.0 Å². The Balaban J connectivity index is 1.35. The summed E-state index contributed by atoms with van der Waals surface area (Å²) in [5.41, 5.74) is 2.06. The minimum Gasteiger partial charge on any atom is -0.490 e. The highest BCUT2D eigenvalue weighted by Gasteiger charge is 2.17. The van der Waals surface area contributed by atoms with Gasteiger partial charge in [-0.2, -0.15) is 0 Å². The predicted molar refractivity (Wildman–Crippen MR) is 109 cm³/mol. The number of nitrogens with zero attached hydrogens (tertiary/aromatic N) is 1. The number of nitrogens with one attached hydrogen (secondary N) is 2. The van der Waals surface area contributed by atoms with E-state index in [1.807, 2.05) is 42.5 Å². The van der Waals surface area contributed by atoms with Gasteiger partial charge in [0.05, 0.1) is 0 Å². The Hall–Kier alpha value is -2.53. The number of anilines is 1. The van der Waals surface area contributed by atoms with Gasteiger partial charge in [-0.1, -0.05) is 30.3 Å². The zero-order valence-electron chi connectivity index (χ0n) is 16.0. The maximum Gasteiger partial charge on any atom is 0.319 e. The summed E-state index contributed by atoms with van der Waals surface area (Å²) in [6, 6.07) is 17.7. The highest BCUT2D eigenvalue weighted by molar-refractivity contribution is 5.89. The summed E-state index contributed by atoms with van der Waals surface area (Å²) in [6.45, 7) is 2.81. The zero-order chi connectivity index (χ0) is 18.9. The van der Waals surface area contributed by atoms with Crippen LogP contribution in [0.15, 0.2) is 54.6 Å². The van der Waals surface area contributed by atoms with Gasteiger partial charge in [-0.3, -0.25) is 0 Å². The van der Waals surface area contributed by atoms with Crippen molar-refractivity contribution < 1.29 is 9.53 Å². The first kappa shape index (κ1) is 19.2. The summed E-state index contributed by atoms with van der Waals surface area (Å²) in [6.07, 6.45) is 4.28. The zero-order valence-corrected chi connectivity index (χ0v) is 16.0. The summed E-state index contributed by atoms with van der Waals surface area (Å²) in [7, 11) is 2.14. The second-order valence-corrected chi connectivity index (χ2v) is 7.11. The first-order valence-electron chi connectivity index (χ1n) is 9.73. The van der Waals surface area contributed by atoms with Gasteiger partial charge < -0.3 is 20.3 Å². The van der Waals surface area contributed by atoms with Crippen molar-refractivity contribution in [3.63, 3.8) is 0 Å². The van der Waals surface area contributed by atoms with Gasteiger partial charge in [0.15, 0.2) is 0 Å². The Kier molecular flexibility index (Phi) is 7.11. The van der Waals surface area contributed by atoms with E-state index in [9.17, 15) is 4.79 Å². The van der Waals surface area contributed by atoms with E-state index < -0.39 is 0 Å². The molecule has 144 valence electrons. The lowest BCUT2D eigenvalue weighted by Crippen LogP contribution is -2.35. The highest BCUT2D eigenvalue weighted by atomic mass is 16.5. The number of carbonyl (C=O) groups is 1. The minimum atomic E-state index is -0.174. The van der Waals surface area contributed by atoms with Crippen LogP contribution >= 0.6 is 0 Å². The average Bonchev–Trinajstić information content (AvgIpc) is 2.69. The number of carbonyl (C=O) groups excluding carboxylic acids is 1. The van der Waals surface area contributed by atoms with Gasteiger partial charge in [-0.25, -0.2) is 4.79 Å². The van der Waals surface area contributed by atoms with Crippen LogP contribution in [-0.4, -0.2) is 43.7 Å². The average molecular weight is 367 g/mol. The van der Waals surface area contributed by atoms with Crippen LogP contribution in [0.5, 0.6) is 5.75 Å². The van der Waals surface area contributed by atoms with Gasteiger partial charge in [0.25, 0.3) is 0 Å². The van der Waals surface area contributed by atoms with Gasteiger partial charge in [0.2, 0.25) is 0 Å². The Bertz CT molecular complexity index is 695. The van der Waals surface area contributed by atoms with E-state index in [1.165, 1.54) is 5.56 Å². The fourth-order valence-corrected chi connectivity index (χ4v) is 3.23. The van der Waals surface area contributed by atoms with Crippen LogP contribution in [0.3, 0.4) is 0 Å². The van der Waals surface area contributed by atoms with Crippen LogP contribution in [0, 0.1) is 0 Å². The number of hydrogen-bond acceptors (Lipinski definition) is 3. The third-order valence-electron chi connectivity index (χ3n) is 4.85. The number of likely N-dealkylation sites (tertiary alicyclic amines) is 1. The molecule has 1 aliphatic heterocycles. The fourth-order valence-electron chi connectivity index (χ4n) is 3.23. The molecule has 2 aromatic rings. The van der Waals surface area contributed by atoms with E-state index in [-0.39, 0.29) is 12.1 Å². The molecule has 3 rings (SSSR count). The largest absolute Gasteiger partial charge is 0.490 e. The van der Waals surface area contributed by atoms with Gasteiger partial charge in [-0.05, 0) is 62.6 Å². The first-order chi connectivity index (χ1) is 13.2. The molecular formula is C22H29N3O2. The van der Waals surface area contributed by atoms with E-state index in [1.54, 1.807) is 0 Å². The third-order valence-corrected chi connectivity index (χ3v) is 4.85. The van der Waals surface area contributed by atoms with Crippen molar-refractivity contribution in [1.29, 1.82) is 0 Å². The van der Waals surface area contributed by atoms with E-state index in [4.69, 9.17) is 4.74 Å². The fraction of sp³-hybridized carbons (Fsp3) is 0.409. The van der Waals surface area contributed by atoms with Crippen molar-refractivity contribution >= 4 is 11.7 Å². The molecule has 0 aromatic heterocycles. The molecule has 5 heteroatoms. The van der Waals surface area contributed by atoms with E-state index in [0.717, 1.165) is 50.2 Å². The number of ether oxygens (including phenoxy) is 1. The summed E-state index contributed by atoms with van der Waals surface area (Å²) in [5.74, 6) is 0.860. The van der Waals surface area contributed by atoms with E-state index >= 15 is 0 Å². The molecule has 0 radical (unpaired) electrons. The molecule has 0 bridgehead atoms. The molecule has 1 aliphatic rings. The second kappa shape index (κ2) is 9.97. The number of rotatable bonds is 7. The van der Waals surface area contributed by atoms with Gasteiger partial charge in [0, 0.05) is 25.3 Å². The van der Waals surface area contributed by atoms with Gasteiger partial charge >= 0.3 is 6.03 Å². The Morgan fingerprint density at radius 2 is 1.78 bits per heavy atom. The summed E-state index contributed by atoms with van der Waals surface area (Å²) >= 11 is 0. The lowest BCUT2D eigenvalue weighted by atomic mass is 10.1. The normalized spacial score (nSPS) is 15.3. The Morgan fingerprint density at radius 3 is 2.48 bits per heavy atom. The first-order valence-corrected chi connectivity index (χ1v) is 9.73. The van der Waals surface area contributed by atoms with Gasteiger partial charge in [-0.15, -0.1) is 0 Å². The maximum absolute atomic E-state index is 12.0. The molecule has 2 amide bonds. The van der Waals surface area contributed by atoms with Crippen LogP contribution in [-0.2, 0) is 6.42 Å². The topological polar surface area (TPSA) is 53.6 Å². The molecule has 0 spiro atoms. The lowest BCUT2D eigenvalue weighted by Gasteiger charge is -2.29. The Morgan fingerprint density at radius 1 is 1.07 bits per heavy atom. The predicted octanol–water partition coefficient (Wildman–Crippen LogP) is 3.91. The second-order valence-electron chi connectivity index (χ2n) is 7.11. The number of piperidine rings is 1. The smallest absolute Gasteiger partial charge is 0.319 e. The van der Waals surface area contributed by atoms with Crippen molar-refractivity contribution in [3.05, 3.63) is 60.2 Å². The highest BCUT2D eigenvalue weighted by Crippen LogP contribution is 2.20.